The second-order valence-corrected chi connectivity index (χ2v) is 5.11. The summed E-state index contributed by atoms with van der Waals surface area (Å²) in [5.74, 6) is 1.02. The minimum Gasteiger partial charge on any atom is -0.493 e. The van der Waals surface area contributed by atoms with E-state index in [9.17, 15) is 4.79 Å². The van der Waals surface area contributed by atoms with Crippen molar-refractivity contribution in [1.82, 2.24) is 10.2 Å². The first-order chi connectivity index (χ1) is 9.15. The third-order valence-corrected chi connectivity index (χ3v) is 3.30. The van der Waals surface area contributed by atoms with Gasteiger partial charge in [-0.15, -0.1) is 0 Å². The number of piperazine rings is 1. The van der Waals surface area contributed by atoms with Gasteiger partial charge in [0.25, 0.3) is 0 Å². The summed E-state index contributed by atoms with van der Waals surface area (Å²) in [7, 11) is 0. The number of hydrogen-bond donors (Lipinski definition) is 1. The fraction of sp³-hybridized carbons (Fsp3) is 0.533. The standard InChI is InChI=1S/C15H22N2O2/c1-12-4-3-5-14(10-12)19-9-6-15(18)17-8-7-16-13(2)11-17/h3-5,10,13,16H,6-9,11H2,1-2H3/t13-/m0/s1. The van der Waals surface area contributed by atoms with Crippen LogP contribution in [0.3, 0.4) is 0 Å². The summed E-state index contributed by atoms with van der Waals surface area (Å²) in [5.41, 5.74) is 1.17. The molecule has 0 unspecified atom stereocenters. The van der Waals surface area contributed by atoms with Crippen molar-refractivity contribution in [3.05, 3.63) is 29.8 Å². The summed E-state index contributed by atoms with van der Waals surface area (Å²) >= 11 is 0. The summed E-state index contributed by atoms with van der Waals surface area (Å²) in [6.07, 6.45) is 0.445. The van der Waals surface area contributed by atoms with E-state index in [-0.39, 0.29) is 5.91 Å². The lowest BCUT2D eigenvalue weighted by Crippen LogP contribution is -2.51. The van der Waals surface area contributed by atoms with Crippen molar-refractivity contribution in [1.29, 1.82) is 0 Å². The molecule has 1 aliphatic heterocycles. The molecular formula is C15H22N2O2. The van der Waals surface area contributed by atoms with E-state index in [2.05, 4.69) is 12.2 Å². The number of carbonyl (C=O) groups is 1. The van der Waals surface area contributed by atoms with Crippen LogP contribution in [0.15, 0.2) is 24.3 Å². The third-order valence-electron chi connectivity index (χ3n) is 3.30. The van der Waals surface area contributed by atoms with Crippen LogP contribution < -0.4 is 10.1 Å². The Kier molecular flexibility index (Phi) is 4.80. The monoisotopic (exact) mass is 262 g/mol. The van der Waals surface area contributed by atoms with Crippen molar-refractivity contribution in [2.75, 3.05) is 26.2 Å². The van der Waals surface area contributed by atoms with Gasteiger partial charge in [0.2, 0.25) is 5.91 Å². The number of amides is 1. The number of rotatable bonds is 4. The fourth-order valence-electron chi connectivity index (χ4n) is 2.28. The minimum atomic E-state index is 0.181. The number of nitrogens with one attached hydrogen (secondary N) is 1. The molecule has 1 heterocycles. The second-order valence-electron chi connectivity index (χ2n) is 5.11. The number of ether oxygens (including phenoxy) is 1. The van der Waals surface area contributed by atoms with E-state index in [1.165, 1.54) is 5.56 Å². The van der Waals surface area contributed by atoms with Crippen LogP contribution in [0.1, 0.15) is 18.9 Å². The maximum atomic E-state index is 12.0. The molecule has 0 spiro atoms. The molecule has 0 saturated carbocycles. The van der Waals surface area contributed by atoms with Gasteiger partial charge < -0.3 is 15.0 Å². The first-order valence-electron chi connectivity index (χ1n) is 6.86. The summed E-state index contributed by atoms with van der Waals surface area (Å²) < 4.78 is 5.61. The SMILES string of the molecule is Cc1cccc(OCCC(=O)N2CCN[C@@H](C)C2)c1. The molecule has 1 saturated heterocycles. The van der Waals surface area contributed by atoms with E-state index in [1.54, 1.807) is 0 Å². The van der Waals surface area contributed by atoms with E-state index in [0.29, 0.717) is 19.1 Å². The molecule has 4 heteroatoms. The Morgan fingerprint density at radius 1 is 1.53 bits per heavy atom. The fourth-order valence-corrected chi connectivity index (χ4v) is 2.28. The molecule has 1 amide bonds. The Labute approximate surface area is 114 Å². The van der Waals surface area contributed by atoms with Crippen molar-refractivity contribution in [3.63, 3.8) is 0 Å². The van der Waals surface area contributed by atoms with E-state index in [4.69, 9.17) is 4.74 Å². The number of nitrogens with zero attached hydrogens (tertiary/aromatic N) is 1. The molecule has 19 heavy (non-hydrogen) atoms. The van der Waals surface area contributed by atoms with Crippen LogP contribution in [-0.2, 0) is 4.79 Å². The lowest BCUT2D eigenvalue weighted by Gasteiger charge is -2.31. The highest BCUT2D eigenvalue weighted by molar-refractivity contribution is 5.76. The smallest absolute Gasteiger partial charge is 0.226 e. The van der Waals surface area contributed by atoms with Crippen LogP contribution in [0.4, 0.5) is 0 Å². The second kappa shape index (κ2) is 6.57. The molecule has 1 fully saturated rings. The molecular weight excluding hydrogens is 240 g/mol. The highest BCUT2D eigenvalue weighted by Gasteiger charge is 2.19. The molecule has 1 N–H and O–H groups in total. The zero-order chi connectivity index (χ0) is 13.7. The van der Waals surface area contributed by atoms with Crippen LogP contribution in [0.25, 0.3) is 0 Å². The Balaban J connectivity index is 1.74. The Bertz CT molecular complexity index is 434. The first kappa shape index (κ1) is 13.9. The molecule has 1 atom stereocenters. The average molecular weight is 262 g/mol. The lowest BCUT2D eigenvalue weighted by molar-refractivity contribution is -0.132. The number of carbonyl (C=O) groups excluding carboxylic acids is 1. The quantitative estimate of drug-likeness (QED) is 0.896. The van der Waals surface area contributed by atoms with Crippen LogP contribution in [-0.4, -0.2) is 43.1 Å². The summed E-state index contributed by atoms with van der Waals surface area (Å²) in [4.78, 5) is 13.9. The van der Waals surface area contributed by atoms with Gasteiger partial charge in [-0.2, -0.15) is 0 Å². The normalized spacial score (nSPS) is 19.3. The third kappa shape index (κ3) is 4.24. The van der Waals surface area contributed by atoms with E-state index in [1.807, 2.05) is 36.1 Å². The van der Waals surface area contributed by atoms with Crippen LogP contribution >= 0.6 is 0 Å². The van der Waals surface area contributed by atoms with Gasteiger partial charge in [-0.25, -0.2) is 0 Å². The molecule has 1 aromatic rings. The lowest BCUT2D eigenvalue weighted by atomic mass is 10.2. The van der Waals surface area contributed by atoms with Crippen molar-refractivity contribution in [2.45, 2.75) is 26.3 Å². The predicted molar refractivity (Wildman–Crippen MR) is 75.3 cm³/mol. The van der Waals surface area contributed by atoms with Crippen molar-refractivity contribution < 1.29 is 9.53 Å². The summed E-state index contributed by atoms with van der Waals surface area (Å²) in [6.45, 7) is 7.05. The zero-order valence-electron chi connectivity index (χ0n) is 11.7. The molecule has 4 nitrogen and oxygen atoms in total. The van der Waals surface area contributed by atoms with Crippen molar-refractivity contribution >= 4 is 5.91 Å². The number of benzene rings is 1. The molecule has 2 rings (SSSR count). The molecule has 0 radical (unpaired) electrons. The molecule has 104 valence electrons. The molecule has 0 aliphatic carbocycles. The zero-order valence-corrected chi connectivity index (χ0v) is 11.7. The first-order valence-corrected chi connectivity index (χ1v) is 6.86. The number of aryl methyl sites for hydroxylation is 1. The van der Waals surface area contributed by atoms with E-state index < -0.39 is 0 Å². The van der Waals surface area contributed by atoms with Crippen LogP contribution in [0.2, 0.25) is 0 Å². The summed E-state index contributed by atoms with van der Waals surface area (Å²) in [5, 5.41) is 3.33. The Hall–Kier alpha value is -1.55. The summed E-state index contributed by atoms with van der Waals surface area (Å²) in [6, 6.07) is 8.28. The highest BCUT2D eigenvalue weighted by atomic mass is 16.5. The van der Waals surface area contributed by atoms with Gasteiger partial charge in [0.15, 0.2) is 0 Å². The Morgan fingerprint density at radius 2 is 2.37 bits per heavy atom. The molecule has 1 aromatic carbocycles. The predicted octanol–water partition coefficient (Wildman–Crippen LogP) is 1.58. The van der Waals surface area contributed by atoms with Crippen molar-refractivity contribution in [2.24, 2.45) is 0 Å². The largest absolute Gasteiger partial charge is 0.493 e. The van der Waals surface area contributed by atoms with Gasteiger partial charge in [0, 0.05) is 25.7 Å². The maximum absolute atomic E-state index is 12.0. The van der Waals surface area contributed by atoms with E-state index in [0.717, 1.165) is 25.4 Å². The van der Waals surface area contributed by atoms with Gasteiger partial charge in [0.05, 0.1) is 13.0 Å². The van der Waals surface area contributed by atoms with Crippen molar-refractivity contribution in [3.8, 4) is 5.75 Å². The van der Waals surface area contributed by atoms with Crippen LogP contribution in [0.5, 0.6) is 5.75 Å². The molecule has 0 aromatic heterocycles. The van der Waals surface area contributed by atoms with Gasteiger partial charge in [-0.1, -0.05) is 12.1 Å². The Morgan fingerprint density at radius 3 is 3.11 bits per heavy atom. The average Bonchev–Trinajstić information content (AvgIpc) is 2.38. The van der Waals surface area contributed by atoms with Gasteiger partial charge in [-0.05, 0) is 31.5 Å². The molecule has 0 bridgehead atoms. The highest BCUT2D eigenvalue weighted by Crippen LogP contribution is 2.12. The van der Waals surface area contributed by atoms with Gasteiger partial charge in [-0.3, -0.25) is 4.79 Å². The topological polar surface area (TPSA) is 41.6 Å². The van der Waals surface area contributed by atoms with E-state index >= 15 is 0 Å². The van der Waals surface area contributed by atoms with Crippen LogP contribution in [0, 0.1) is 6.92 Å². The number of hydrogen-bond acceptors (Lipinski definition) is 3. The molecule has 1 aliphatic rings. The van der Waals surface area contributed by atoms with Gasteiger partial charge in [0.1, 0.15) is 5.75 Å². The maximum Gasteiger partial charge on any atom is 0.226 e. The van der Waals surface area contributed by atoms with Gasteiger partial charge >= 0.3 is 0 Å². The minimum absolute atomic E-state index is 0.181.